The molecule has 0 saturated heterocycles. The summed E-state index contributed by atoms with van der Waals surface area (Å²) in [7, 11) is 0. The normalized spacial score (nSPS) is 17.5. The number of halogens is 6. The molecule has 0 aliphatic rings. The van der Waals surface area contributed by atoms with E-state index in [0.29, 0.717) is 35.4 Å². The maximum atomic E-state index is 13.8. The lowest BCUT2D eigenvalue weighted by molar-refractivity contribution is -0.399. The third-order valence-corrected chi connectivity index (χ3v) is 4.28. The van der Waals surface area contributed by atoms with Crippen LogP contribution in [0.3, 0.4) is 0 Å². The molecule has 0 fully saturated rings. The van der Waals surface area contributed by atoms with E-state index in [-0.39, 0.29) is 0 Å². The minimum Gasteiger partial charge on any atom is -0.374 e. The van der Waals surface area contributed by atoms with E-state index in [2.05, 4.69) is 0 Å². The van der Waals surface area contributed by atoms with Gasteiger partial charge in [-0.25, -0.2) is 0 Å². The topological polar surface area (TPSA) is 40.5 Å². The molecular weight excluding hydrogens is 362 g/mol. The minimum atomic E-state index is -5.82. The minimum absolute atomic E-state index is 0.476. The number of aryl methyl sites for hydroxylation is 2. The Balaban J connectivity index is 2.88. The molecule has 0 amide bonds. The van der Waals surface area contributed by atoms with Crippen LogP contribution in [0.15, 0.2) is 48.5 Å². The number of alkyl halides is 6. The van der Waals surface area contributed by atoms with Crippen LogP contribution in [-0.2, 0) is 11.2 Å². The first kappa shape index (κ1) is 20.3. The standard InChI is InChI=1S/C18H16F6O2/c1-11-3-7-13(8-4-11)15(25,17(19,20)21)16(26,18(22,23)24)14-9-5-12(2)6-10-14/h3-10,25-26H,1-2H3. The average Bonchev–Trinajstić information content (AvgIpc) is 2.52. The maximum absolute atomic E-state index is 13.8. The summed E-state index contributed by atoms with van der Waals surface area (Å²) < 4.78 is 82.6. The highest BCUT2D eigenvalue weighted by Gasteiger charge is 2.77. The quantitative estimate of drug-likeness (QED) is 0.772. The van der Waals surface area contributed by atoms with Crippen molar-refractivity contribution in [1.29, 1.82) is 0 Å². The van der Waals surface area contributed by atoms with Crippen molar-refractivity contribution in [1.82, 2.24) is 0 Å². The predicted octanol–water partition coefficient (Wildman–Crippen LogP) is 4.50. The van der Waals surface area contributed by atoms with E-state index in [1.165, 1.54) is 13.8 Å². The van der Waals surface area contributed by atoms with E-state index in [1.54, 1.807) is 0 Å². The van der Waals surface area contributed by atoms with Gasteiger partial charge in [-0.1, -0.05) is 59.7 Å². The van der Waals surface area contributed by atoms with Crippen LogP contribution in [0, 0.1) is 13.8 Å². The molecule has 26 heavy (non-hydrogen) atoms. The number of aliphatic hydroxyl groups is 2. The van der Waals surface area contributed by atoms with Gasteiger partial charge in [0.25, 0.3) is 0 Å². The van der Waals surface area contributed by atoms with Crippen molar-refractivity contribution < 1.29 is 36.6 Å². The van der Waals surface area contributed by atoms with Gasteiger partial charge in [0.2, 0.25) is 11.2 Å². The molecule has 0 bridgehead atoms. The molecule has 0 heterocycles. The van der Waals surface area contributed by atoms with Crippen LogP contribution in [0.4, 0.5) is 26.3 Å². The van der Waals surface area contributed by atoms with Gasteiger partial charge in [0.05, 0.1) is 0 Å². The fourth-order valence-corrected chi connectivity index (χ4v) is 2.74. The zero-order chi connectivity index (χ0) is 20.0. The first-order chi connectivity index (χ1) is 11.7. The van der Waals surface area contributed by atoms with Gasteiger partial charge in [0.15, 0.2) is 0 Å². The van der Waals surface area contributed by atoms with Crippen molar-refractivity contribution in [2.45, 2.75) is 37.4 Å². The Kier molecular flexibility index (Phi) is 4.89. The average molecular weight is 378 g/mol. The summed E-state index contributed by atoms with van der Waals surface area (Å²) in [5, 5.41) is 20.8. The highest BCUT2D eigenvalue weighted by Crippen LogP contribution is 2.57. The van der Waals surface area contributed by atoms with E-state index >= 15 is 0 Å². The molecule has 2 nitrogen and oxygen atoms in total. The highest BCUT2D eigenvalue weighted by molar-refractivity contribution is 5.39. The molecule has 2 unspecified atom stereocenters. The van der Waals surface area contributed by atoms with Crippen molar-refractivity contribution in [3.63, 3.8) is 0 Å². The lowest BCUT2D eigenvalue weighted by Gasteiger charge is -2.45. The van der Waals surface area contributed by atoms with Gasteiger partial charge >= 0.3 is 12.4 Å². The van der Waals surface area contributed by atoms with Crippen molar-refractivity contribution in [3.8, 4) is 0 Å². The SMILES string of the molecule is Cc1ccc(C(O)(C(F)(F)F)C(O)(c2ccc(C)cc2)C(F)(F)F)cc1. The maximum Gasteiger partial charge on any atom is 0.425 e. The predicted molar refractivity (Wildman–Crippen MR) is 82.3 cm³/mol. The molecule has 0 radical (unpaired) electrons. The summed E-state index contributed by atoms with van der Waals surface area (Å²) in [5.41, 5.74) is -10.5. The summed E-state index contributed by atoms with van der Waals surface area (Å²) in [4.78, 5) is 0. The molecule has 0 aliphatic heterocycles. The Labute approximate surface area is 145 Å². The van der Waals surface area contributed by atoms with Gasteiger partial charge in [-0.05, 0) is 25.0 Å². The van der Waals surface area contributed by atoms with Crippen LogP contribution in [0.25, 0.3) is 0 Å². The molecule has 2 aromatic carbocycles. The first-order valence-electron chi connectivity index (χ1n) is 7.47. The summed E-state index contributed by atoms with van der Waals surface area (Å²) in [6.45, 7) is 3.04. The van der Waals surface area contributed by atoms with Crippen molar-refractivity contribution >= 4 is 0 Å². The molecule has 0 saturated carbocycles. The fourth-order valence-electron chi connectivity index (χ4n) is 2.74. The van der Waals surface area contributed by atoms with Gasteiger partial charge < -0.3 is 10.2 Å². The zero-order valence-electron chi connectivity index (χ0n) is 13.8. The van der Waals surface area contributed by atoms with E-state index in [4.69, 9.17) is 0 Å². The number of benzene rings is 2. The van der Waals surface area contributed by atoms with Gasteiger partial charge in [0, 0.05) is 0 Å². The van der Waals surface area contributed by atoms with Gasteiger partial charge in [-0.3, -0.25) is 0 Å². The molecule has 2 aromatic rings. The Morgan fingerprint density at radius 1 is 0.538 bits per heavy atom. The van der Waals surface area contributed by atoms with Crippen molar-refractivity contribution in [3.05, 3.63) is 70.8 Å². The van der Waals surface area contributed by atoms with Crippen LogP contribution >= 0.6 is 0 Å². The third-order valence-electron chi connectivity index (χ3n) is 4.28. The molecule has 2 atom stereocenters. The smallest absolute Gasteiger partial charge is 0.374 e. The van der Waals surface area contributed by atoms with Gasteiger partial charge in [0.1, 0.15) is 0 Å². The van der Waals surface area contributed by atoms with Crippen LogP contribution in [0.5, 0.6) is 0 Å². The lowest BCUT2D eigenvalue weighted by atomic mass is 9.72. The van der Waals surface area contributed by atoms with Crippen LogP contribution < -0.4 is 0 Å². The fraction of sp³-hybridized carbons (Fsp3) is 0.333. The summed E-state index contributed by atoms with van der Waals surface area (Å²) >= 11 is 0. The van der Waals surface area contributed by atoms with E-state index in [0.717, 1.165) is 24.3 Å². The molecule has 8 heteroatoms. The highest BCUT2D eigenvalue weighted by atomic mass is 19.4. The first-order valence-corrected chi connectivity index (χ1v) is 7.47. The lowest BCUT2D eigenvalue weighted by Crippen LogP contribution is -2.65. The molecule has 0 spiro atoms. The Morgan fingerprint density at radius 3 is 0.962 bits per heavy atom. The monoisotopic (exact) mass is 378 g/mol. The third kappa shape index (κ3) is 2.97. The zero-order valence-corrected chi connectivity index (χ0v) is 13.8. The van der Waals surface area contributed by atoms with Crippen LogP contribution in [0.1, 0.15) is 22.3 Å². The van der Waals surface area contributed by atoms with Crippen molar-refractivity contribution in [2.24, 2.45) is 0 Å². The molecule has 2 N–H and O–H groups in total. The van der Waals surface area contributed by atoms with E-state index in [9.17, 15) is 36.6 Å². The van der Waals surface area contributed by atoms with Gasteiger partial charge in [-0.2, -0.15) is 26.3 Å². The number of hydrogen-bond acceptors (Lipinski definition) is 2. The molecular formula is C18H16F6O2. The summed E-state index contributed by atoms with van der Waals surface area (Å²) in [6.07, 6.45) is -11.6. The number of hydrogen-bond donors (Lipinski definition) is 2. The molecule has 142 valence electrons. The Morgan fingerprint density at radius 2 is 0.769 bits per heavy atom. The van der Waals surface area contributed by atoms with Crippen LogP contribution in [-0.4, -0.2) is 22.6 Å². The van der Waals surface area contributed by atoms with Crippen LogP contribution in [0.2, 0.25) is 0 Å². The van der Waals surface area contributed by atoms with E-state index < -0.39 is 34.7 Å². The second-order valence-electron chi connectivity index (χ2n) is 6.15. The van der Waals surface area contributed by atoms with Gasteiger partial charge in [-0.15, -0.1) is 0 Å². The molecule has 0 aromatic heterocycles. The molecule has 2 rings (SSSR count). The Bertz CT molecular complexity index is 697. The Hall–Kier alpha value is -2.06. The molecule has 0 aliphatic carbocycles. The summed E-state index contributed by atoms with van der Waals surface area (Å²) in [5.74, 6) is 0. The second kappa shape index (κ2) is 6.28. The summed E-state index contributed by atoms with van der Waals surface area (Å²) in [6, 6.07) is 7.36. The second-order valence-corrected chi connectivity index (χ2v) is 6.15. The number of rotatable bonds is 3. The van der Waals surface area contributed by atoms with Crippen molar-refractivity contribution in [2.75, 3.05) is 0 Å². The van der Waals surface area contributed by atoms with E-state index in [1.807, 2.05) is 0 Å². The largest absolute Gasteiger partial charge is 0.425 e.